The van der Waals surface area contributed by atoms with Crippen LogP contribution in [0.1, 0.15) is 49.7 Å². The van der Waals surface area contributed by atoms with E-state index in [1.54, 1.807) is 0 Å². The third-order valence-electron chi connectivity index (χ3n) is 5.61. The second-order valence-electron chi connectivity index (χ2n) is 7.20. The number of hydrogen-bond acceptors (Lipinski definition) is 2. The third kappa shape index (κ3) is 2.15. The van der Waals surface area contributed by atoms with Crippen LogP contribution in [0.3, 0.4) is 0 Å². The minimum atomic E-state index is 0.183. The number of nitrogens with zero attached hydrogens (tertiary/aromatic N) is 1. The zero-order chi connectivity index (χ0) is 13.6. The second kappa shape index (κ2) is 4.60. The fraction of sp³-hybridized carbons (Fsp3) is 0.611. The Labute approximate surface area is 120 Å². The molecule has 0 atom stereocenters. The molecule has 0 unspecified atom stereocenters. The summed E-state index contributed by atoms with van der Waals surface area (Å²) in [4.78, 5) is 0. The van der Waals surface area contributed by atoms with Crippen LogP contribution in [-0.4, -0.2) is 5.60 Å². The Balaban J connectivity index is 1.45. The number of benzene rings is 1. The molecule has 4 fully saturated rings. The quantitative estimate of drug-likeness (QED) is 0.828. The van der Waals surface area contributed by atoms with Crippen molar-refractivity contribution in [3.05, 3.63) is 35.4 Å². The highest BCUT2D eigenvalue weighted by Crippen LogP contribution is 2.57. The highest BCUT2D eigenvalue weighted by Gasteiger charge is 2.51. The summed E-state index contributed by atoms with van der Waals surface area (Å²) in [6, 6.07) is 9.99. The maximum Gasteiger partial charge on any atom is 0.0991 e. The van der Waals surface area contributed by atoms with Crippen molar-refractivity contribution < 1.29 is 4.74 Å². The van der Waals surface area contributed by atoms with E-state index in [-0.39, 0.29) is 5.60 Å². The Hall–Kier alpha value is -1.33. The van der Waals surface area contributed by atoms with E-state index >= 15 is 0 Å². The molecule has 104 valence electrons. The first-order chi connectivity index (χ1) is 9.75. The molecule has 0 amide bonds. The van der Waals surface area contributed by atoms with Crippen molar-refractivity contribution >= 4 is 0 Å². The maximum atomic E-state index is 8.83. The van der Waals surface area contributed by atoms with Gasteiger partial charge in [-0.25, -0.2) is 0 Å². The molecule has 2 heteroatoms. The van der Waals surface area contributed by atoms with Gasteiger partial charge in [-0.2, -0.15) is 5.26 Å². The lowest BCUT2D eigenvalue weighted by Gasteiger charge is -2.56. The first-order valence-corrected chi connectivity index (χ1v) is 7.88. The van der Waals surface area contributed by atoms with Crippen LogP contribution < -0.4 is 0 Å². The Morgan fingerprint density at radius 1 is 1.00 bits per heavy atom. The van der Waals surface area contributed by atoms with Crippen molar-refractivity contribution in [1.82, 2.24) is 0 Å². The van der Waals surface area contributed by atoms with Crippen molar-refractivity contribution in [2.45, 2.75) is 50.7 Å². The first kappa shape index (κ1) is 12.4. The van der Waals surface area contributed by atoms with Crippen LogP contribution >= 0.6 is 0 Å². The van der Waals surface area contributed by atoms with Gasteiger partial charge in [0, 0.05) is 0 Å². The van der Waals surface area contributed by atoms with Gasteiger partial charge in [0.25, 0.3) is 0 Å². The van der Waals surface area contributed by atoms with Crippen molar-refractivity contribution in [2.24, 2.45) is 17.8 Å². The van der Waals surface area contributed by atoms with Gasteiger partial charge in [-0.3, -0.25) is 0 Å². The molecule has 0 aliphatic heterocycles. The number of rotatable bonds is 3. The number of ether oxygens (including phenoxy) is 1. The van der Waals surface area contributed by atoms with Gasteiger partial charge in [0.05, 0.1) is 23.8 Å². The molecule has 4 saturated carbocycles. The molecule has 4 aliphatic carbocycles. The summed E-state index contributed by atoms with van der Waals surface area (Å²) in [5.41, 5.74) is 2.10. The standard InChI is InChI=1S/C18H21NO/c19-11-13-1-3-14(4-2-13)12-20-18-8-15-5-16(9-18)7-17(6-15)10-18/h1-4,15-17H,5-10,12H2. The lowest BCUT2D eigenvalue weighted by molar-refractivity contribution is -0.168. The van der Waals surface area contributed by atoms with E-state index in [0.717, 1.165) is 23.3 Å². The van der Waals surface area contributed by atoms with E-state index < -0.39 is 0 Å². The highest BCUT2D eigenvalue weighted by atomic mass is 16.5. The van der Waals surface area contributed by atoms with Gasteiger partial charge in [0.15, 0.2) is 0 Å². The second-order valence-corrected chi connectivity index (χ2v) is 7.20. The van der Waals surface area contributed by atoms with E-state index in [1.165, 1.54) is 44.1 Å². The van der Waals surface area contributed by atoms with E-state index in [1.807, 2.05) is 24.3 Å². The lowest BCUT2D eigenvalue weighted by Crippen LogP contribution is -2.51. The summed E-state index contributed by atoms with van der Waals surface area (Å²) in [5.74, 6) is 2.80. The molecule has 0 saturated heterocycles. The van der Waals surface area contributed by atoms with Crippen molar-refractivity contribution in [1.29, 1.82) is 5.26 Å². The Morgan fingerprint density at radius 2 is 1.55 bits per heavy atom. The predicted octanol–water partition coefficient (Wildman–Crippen LogP) is 4.04. The molecule has 4 aliphatic rings. The van der Waals surface area contributed by atoms with Crippen LogP contribution in [0.4, 0.5) is 0 Å². The minimum absolute atomic E-state index is 0.183. The van der Waals surface area contributed by atoms with Crippen LogP contribution in [0.15, 0.2) is 24.3 Å². The Bertz CT molecular complexity index is 504. The molecule has 0 N–H and O–H groups in total. The molecule has 4 bridgehead atoms. The molecule has 0 spiro atoms. The molecule has 0 heterocycles. The van der Waals surface area contributed by atoms with Gasteiger partial charge in [-0.15, -0.1) is 0 Å². The molecule has 1 aromatic carbocycles. The van der Waals surface area contributed by atoms with E-state index in [2.05, 4.69) is 6.07 Å². The summed E-state index contributed by atoms with van der Waals surface area (Å²) in [6.45, 7) is 0.706. The topological polar surface area (TPSA) is 33.0 Å². The largest absolute Gasteiger partial charge is 0.370 e. The van der Waals surface area contributed by atoms with E-state index in [0.29, 0.717) is 6.61 Å². The van der Waals surface area contributed by atoms with Gasteiger partial charge in [0.1, 0.15) is 0 Å². The minimum Gasteiger partial charge on any atom is -0.370 e. The first-order valence-electron chi connectivity index (χ1n) is 7.88. The van der Waals surface area contributed by atoms with Crippen molar-refractivity contribution in [3.8, 4) is 6.07 Å². The summed E-state index contributed by atoms with van der Waals surface area (Å²) in [5, 5.41) is 8.83. The predicted molar refractivity (Wildman–Crippen MR) is 76.8 cm³/mol. The summed E-state index contributed by atoms with van der Waals surface area (Å²) < 4.78 is 6.42. The van der Waals surface area contributed by atoms with E-state index in [9.17, 15) is 0 Å². The van der Waals surface area contributed by atoms with Crippen LogP contribution in [-0.2, 0) is 11.3 Å². The zero-order valence-corrected chi connectivity index (χ0v) is 11.8. The van der Waals surface area contributed by atoms with Gasteiger partial charge in [0.2, 0.25) is 0 Å². The monoisotopic (exact) mass is 267 g/mol. The molecular formula is C18H21NO. The lowest BCUT2D eigenvalue weighted by atomic mass is 9.54. The van der Waals surface area contributed by atoms with Gasteiger partial charge < -0.3 is 4.74 Å². The third-order valence-corrected chi connectivity index (χ3v) is 5.61. The molecule has 0 radical (unpaired) electrons. The number of hydrogen-bond donors (Lipinski definition) is 0. The van der Waals surface area contributed by atoms with Crippen molar-refractivity contribution in [2.75, 3.05) is 0 Å². The average molecular weight is 267 g/mol. The molecule has 0 aromatic heterocycles. The van der Waals surface area contributed by atoms with Crippen LogP contribution in [0.25, 0.3) is 0 Å². The highest BCUT2D eigenvalue weighted by molar-refractivity contribution is 5.31. The fourth-order valence-electron chi connectivity index (χ4n) is 5.12. The van der Waals surface area contributed by atoms with Crippen LogP contribution in [0, 0.1) is 29.1 Å². The zero-order valence-electron chi connectivity index (χ0n) is 11.8. The summed E-state index contributed by atoms with van der Waals surface area (Å²) >= 11 is 0. The number of nitriles is 1. The SMILES string of the molecule is N#Cc1ccc(COC23CC4CC(CC(C4)C2)C3)cc1. The fourth-order valence-corrected chi connectivity index (χ4v) is 5.12. The van der Waals surface area contributed by atoms with E-state index in [4.69, 9.17) is 10.00 Å². The summed E-state index contributed by atoms with van der Waals surface area (Å²) in [6.07, 6.45) is 8.23. The average Bonchev–Trinajstić information content (AvgIpc) is 2.44. The maximum absolute atomic E-state index is 8.83. The Kier molecular flexibility index (Phi) is 2.86. The van der Waals surface area contributed by atoms with Crippen LogP contribution in [0.2, 0.25) is 0 Å². The normalized spacial score (nSPS) is 37.9. The van der Waals surface area contributed by atoms with Crippen LogP contribution in [0.5, 0.6) is 0 Å². The molecular weight excluding hydrogens is 246 g/mol. The Morgan fingerprint density at radius 3 is 2.05 bits per heavy atom. The molecule has 5 rings (SSSR count). The van der Waals surface area contributed by atoms with Gasteiger partial charge >= 0.3 is 0 Å². The molecule has 20 heavy (non-hydrogen) atoms. The molecule has 1 aromatic rings. The van der Waals surface area contributed by atoms with Crippen molar-refractivity contribution in [3.63, 3.8) is 0 Å². The smallest absolute Gasteiger partial charge is 0.0991 e. The molecule has 2 nitrogen and oxygen atoms in total. The van der Waals surface area contributed by atoms with Gasteiger partial charge in [-0.1, -0.05) is 12.1 Å². The summed E-state index contributed by atoms with van der Waals surface area (Å²) in [7, 11) is 0. The van der Waals surface area contributed by atoms with Gasteiger partial charge in [-0.05, 0) is 74.0 Å².